The van der Waals surface area contributed by atoms with Gasteiger partial charge in [-0.3, -0.25) is 0 Å². The van der Waals surface area contributed by atoms with E-state index in [-0.39, 0.29) is 0 Å². The summed E-state index contributed by atoms with van der Waals surface area (Å²) in [5.41, 5.74) is 2.09. The maximum atomic E-state index is 4.32. The van der Waals surface area contributed by atoms with Gasteiger partial charge in [0.15, 0.2) is 0 Å². The third-order valence-electron chi connectivity index (χ3n) is 3.97. The minimum Gasteiger partial charge on any atom is -0.143 e. The number of hydrogen-bond acceptors (Lipinski definition) is 1. The van der Waals surface area contributed by atoms with Crippen molar-refractivity contribution in [3.8, 4) is 11.8 Å². The van der Waals surface area contributed by atoms with Gasteiger partial charge in [-0.2, -0.15) is 0 Å². The highest BCUT2D eigenvalue weighted by atomic mass is 32.1. The van der Waals surface area contributed by atoms with Crippen molar-refractivity contribution in [2.24, 2.45) is 0 Å². The average molecular weight is 310 g/mol. The first kappa shape index (κ1) is 13.9. The van der Waals surface area contributed by atoms with Crippen LogP contribution in [0.15, 0.2) is 83.8 Å². The van der Waals surface area contributed by atoms with Gasteiger partial charge in [-0.1, -0.05) is 60.4 Å². The zero-order valence-corrected chi connectivity index (χ0v) is 13.3. The molecule has 4 rings (SSSR count). The molecule has 0 N–H and O–H groups in total. The lowest BCUT2D eigenvalue weighted by Crippen LogP contribution is -1.84. The summed E-state index contributed by atoms with van der Waals surface area (Å²) in [5, 5.41) is 4.84. The first-order valence-electron chi connectivity index (χ1n) is 7.53. The topological polar surface area (TPSA) is 0 Å². The maximum Gasteiger partial charge on any atom is 0.0405 e. The predicted molar refractivity (Wildman–Crippen MR) is 101 cm³/mol. The molecular formula is C22H14S. The van der Waals surface area contributed by atoms with Crippen LogP contribution >= 0.6 is 12.6 Å². The highest BCUT2D eigenvalue weighted by molar-refractivity contribution is 7.80. The molecule has 0 aliphatic heterocycles. The summed E-state index contributed by atoms with van der Waals surface area (Å²) in [4.78, 5) is 0.950. The van der Waals surface area contributed by atoms with E-state index in [4.69, 9.17) is 0 Å². The van der Waals surface area contributed by atoms with Crippen molar-refractivity contribution in [1.29, 1.82) is 0 Å². The molecule has 0 aromatic heterocycles. The van der Waals surface area contributed by atoms with Crippen LogP contribution in [0.4, 0.5) is 0 Å². The molecule has 0 aliphatic carbocycles. The number of benzene rings is 4. The SMILES string of the molecule is Sc1ccc(C#Cc2c3ccccc3cc3ccccc23)cc1. The number of hydrogen-bond donors (Lipinski definition) is 1. The van der Waals surface area contributed by atoms with Crippen molar-refractivity contribution in [2.45, 2.75) is 4.90 Å². The molecule has 0 fully saturated rings. The van der Waals surface area contributed by atoms with E-state index in [9.17, 15) is 0 Å². The summed E-state index contributed by atoms with van der Waals surface area (Å²) >= 11 is 4.32. The van der Waals surface area contributed by atoms with E-state index in [1.165, 1.54) is 21.5 Å². The Balaban J connectivity index is 1.98. The maximum absolute atomic E-state index is 4.32. The summed E-state index contributed by atoms with van der Waals surface area (Å²) in [6, 6.07) is 27.0. The van der Waals surface area contributed by atoms with Crippen LogP contribution in [-0.2, 0) is 0 Å². The van der Waals surface area contributed by atoms with Crippen molar-refractivity contribution in [2.75, 3.05) is 0 Å². The van der Waals surface area contributed by atoms with Crippen LogP contribution in [0.5, 0.6) is 0 Å². The van der Waals surface area contributed by atoms with E-state index < -0.39 is 0 Å². The molecule has 4 aromatic rings. The Bertz CT molecular complexity index is 1010. The number of fused-ring (bicyclic) bond motifs is 2. The van der Waals surface area contributed by atoms with Gasteiger partial charge in [0.25, 0.3) is 0 Å². The molecule has 1 heteroatoms. The minimum atomic E-state index is 0.950. The molecule has 108 valence electrons. The highest BCUT2D eigenvalue weighted by Crippen LogP contribution is 2.27. The lowest BCUT2D eigenvalue weighted by molar-refractivity contribution is 1.46. The molecule has 0 atom stereocenters. The molecule has 0 heterocycles. The van der Waals surface area contributed by atoms with Gasteiger partial charge in [-0.15, -0.1) is 12.6 Å². The van der Waals surface area contributed by atoms with Gasteiger partial charge < -0.3 is 0 Å². The van der Waals surface area contributed by atoms with Gasteiger partial charge in [0.2, 0.25) is 0 Å². The predicted octanol–water partition coefficient (Wildman–Crippen LogP) is 5.68. The van der Waals surface area contributed by atoms with Crippen LogP contribution in [0.25, 0.3) is 21.5 Å². The normalized spacial score (nSPS) is 10.5. The Morgan fingerprint density at radius 2 is 1.17 bits per heavy atom. The van der Waals surface area contributed by atoms with Crippen molar-refractivity contribution in [3.63, 3.8) is 0 Å². The molecule has 0 amide bonds. The lowest BCUT2D eigenvalue weighted by atomic mass is 9.97. The van der Waals surface area contributed by atoms with Crippen LogP contribution in [0, 0.1) is 11.8 Å². The van der Waals surface area contributed by atoms with E-state index in [0.717, 1.165) is 16.0 Å². The molecule has 0 radical (unpaired) electrons. The summed E-state index contributed by atoms with van der Waals surface area (Å²) in [6.45, 7) is 0. The van der Waals surface area contributed by atoms with Gasteiger partial charge in [-0.05, 0) is 51.9 Å². The fourth-order valence-corrected chi connectivity index (χ4v) is 2.98. The van der Waals surface area contributed by atoms with Gasteiger partial charge in [0.05, 0.1) is 0 Å². The summed E-state index contributed by atoms with van der Waals surface area (Å²) in [6.07, 6.45) is 0. The molecule has 0 bridgehead atoms. The Morgan fingerprint density at radius 3 is 1.78 bits per heavy atom. The third-order valence-corrected chi connectivity index (χ3v) is 4.27. The second-order valence-corrected chi connectivity index (χ2v) is 6.01. The zero-order valence-electron chi connectivity index (χ0n) is 12.5. The van der Waals surface area contributed by atoms with E-state index in [2.05, 4.69) is 79.1 Å². The molecule has 23 heavy (non-hydrogen) atoms. The number of rotatable bonds is 0. The van der Waals surface area contributed by atoms with Crippen LogP contribution < -0.4 is 0 Å². The molecule has 0 unspecified atom stereocenters. The lowest BCUT2D eigenvalue weighted by Gasteiger charge is -2.06. The first-order valence-corrected chi connectivity index (χ1v) is 7.97. The van der Waals surface area contributed by atoms with E-state index in [0.29, 0.717) is 0 Å². The fraction of sp³-hybridized carbons (Fsp3) is 0. The summed E-state index contributed by atoms with van der Waals surface area (Å²) < 4.78 is 0. The van der Waals surface area contributed by atoms with Crippen molar-refractivity contribution in [3.05, 3.63) is 90.0 Å². The van der Waals surface area contributed by atoms with Crippen LogP contribution in [0.1, 0.15) is 11.1 Å². The molecule has 0 nitrogen and oxygen atoms in total. The number of thiol groups is 1. The Morgan fingerprint density at radius 1 is 0.609 bits per heavy atom. The van der Waals surface area contributed by atoms with Crippen LogP contribution in [-0.4, -0.2) is 0 Å². The smallest absolute Gasteiger partial charge is 0.0405 e. The Hall–Kier alpha value is -2.69. The minimum absolute atomic E-state index is 0.950. The highest BCUT2D eigenvalue weighted by Gasteiger charge is 2.04. The van der Waals surface area contributed by atoms with Gasteiger partial charge in [-0.25, -0.2) is 0 Å². The summed E-state index contributed by atoms with van der Waals surface area (Å²) in [5.74, 6) is 6.68. The zero-order chi connectivity index (χ0) is 15.6. The largest absolute Gasteiger partial charge is 0.143 e. The fourth-order valence-electron chi connectivity index (χ4n) is 2.83. The Labute approximate surface area is 141 Å². The molecule has 4 aromatic carbocycles. The van der Waals surface area contributed by atoms with E-state index in [1.54, 1.807) is 0 Å². The standard InChI is InChI=1S/C22H14S/c23-19-12-9-16(10-13-19)11-14-22-20-7-3-1-5-17(20)15-18-6-2-4-8-21(18)22/h1-10,12-13,15,23H. The third kappa shape index (κ3) is 2.70. The second kappa shape index (κ2) is 5.83. The molecular weight excluding hydrogens is 296 g/mol. The Kier molecular flexibility index (Phi) is 3.54. The van der Waals surface area contributed by atoms with Gasteiger partial charge in [0.1, 0.15) is 0 Å². The van der Waals surface area contributed by atoms with Crippen LogP contribution in [0.3, 0.4) is 0 Å². The quantitative estimate of drug-likeness (QED) is 0.241. The van der Waals surface area contributed by atoms with Gasteiger partial charge >= 0.3 is 0 Å². The van der Waals surface area contributed by atoms with Crippen LogP contribution in [0.2, 0.25) is 0 Å². The second-order valence-electron chi connectivity index (χ2n) is 5.49. The van der Waals surface area contributed by atoms with E-state index in [1.807, 2.05) is 24.3 Å². The average Bonchev–Trinajstić information content (AvgIpc) is 2.60. The van der Waals surface area contributed by atoms with Crippen molar-refractivity contribution < 1.29 is 0 Å². The monoisotopic (exact) mass is 310 g/mol. The van der Waals surface area contributed by atoms with Crippen molar-refractivity contribution in [1.82, 2.24) is 0 Å². The summed E-state index contributed by atoms with van der Waals surface area (Å²) in [7, 11) is 0. The molecule has 0 saturated carbocycles. The molecule has 0 saturated heterocycles. The molecule has 0 spiro atoms. The van der Waals surface area contributed by atoms with Gasteiger partial charge in [0, 0.05) is 16.0 Å². The van der Waals surface area contributed by atoms with E-state index >= 15 is 0 Å². The first-order chi connectivity index (χ1) is 11.3. The molecule has 0 aliphatic rings. The van der Waals surface area contributed by atoms with Crippen molar-refractivity contribution >= 4 is 34.2 Å².